The van der Waals surface area contributed by atoms with Gasteiger partial charge >= 0.3 is 0 Å². The highest BCUT2D eigenvalue weighted by atomic mass is 35.5. The van der Waals surface area contributed by atoms with Crippen molar-refractivity contribution in [3.63, 3.8) is 0 Å². The van der Waals surface area contributed by atoms with Crippen LogP contribution >= 0.6 is 11.6 Å². The van der Waals surface area contributed by atoms with Crippen molar-refractivity contribution in [2.75, 3.05) is 10.2 Å². The van der Waals surface area contributed by atoms with Crippen LogP contribution in [0.15, 0.2) is 103 Å². The molecule has 1 spiro atoms. The Kier molecular flexibility index (Phi) is 6.36. The quantitative estimate of drug-likeness (QED) is 0.249. The summed E-state index contributed by atoms with van der Waals surface area (Å²) in [5, 5.41) is 3.64. The minimum Gasteiger partial charge on any atom is -0.352 e. The lowest BCUT2D eigenvalue weighted by atomic mass is 9.64. The van der Waals surface area contributed by atoms with E-state index in [4.69, 9.17) is 11.6 Å². The van der Waals surface area contributed by atoms with E-state index in [-0.39, 0.29) is 17.5 Å². The van der Waals surface area contributed by atoms with Gasteiger partial charge in [-0.15, -0.1) is 0 Å². The van der Waals surface area contributed by atoms with E-state index >= 15 is 0 Å². The van der Waals surface area contributed by atoms with Crippen LogP contribution in [0.1, 0.15) is 50.8 Å². The number of halogens is 1. The number of hydrogen-bond donors (Lipinski definition) is 1. The van der Waals surface area contributed by atoms with E-state index < -0.39 is 23.4 Å². The zero-order valence-electron chi connectivity index (χ0n) is 23.1. The zero-order chi connectivity index (χ0) is 29.0. The van der Waals surface area contributed by atoms with Crippen LogP contribution in [0.5, 0.6) is 0 Å². The molecule has 5 nitrogen and oxygen atoms in total. The van der Waals surface area contributed by atoms with Crippen LogP contribution in [0.2, 0.25) is 5.02 Å². The summed E-state index contributed by atoms with van der Waals surface area (Å²) in [6, 6.07) is 28.2. The highest BCUT2D eigenvalue weighted by Gasteiger charge is 2.70. The van der Waals surface area contributed by atoms with Gasteiger partial charge in [-0.2, -0.15) is 0 Å². The molecule has 3 aliphatic heterocycles. The Hall–Kier alpha value is -4.48. The van der Waals surface area contributed by atoms with Gasteiger partial charge in [0.15, 0.2) is 11.6 Å². The molecule has 4 aromatic rings. The molecule has 4 atom stereocenters. The fourth-order valence-electron chi connectivity index (χ4n) is 7.23. The highest BCUT2D eigenvalue weighted by Crippen LogP contribution is 2.58. The Labute approximate surface area is 249 Å². The SMILES string of the molecule is CCCc1ccc(C(=O)[C@@H]2[C@H](C(=O)c3ccccc3)N3c4ccc(Cl)cc4C=C[C@H]3[C@]23C(=O)Nc2ccccc23)cc1. The van der Waals surface area contributed by atoms with Gasteiger partial charge in [-0.25, -0.2) is 0 Å². The second-order valence-corrected chi connectivity index (χ2v) is 11.7. The monoisotopic (exact) mass is 572 g/mol. The predicted molar refractivity (Wildman–Crippen MR) is 166 cm³/mol. The molecular formula is C36H29ClN2O3. The molecule has 3 heterocycles. The van der Waals surface area contributed by atoms with Gasteiger partial charge in [0.1, 0.15) is 11.5 Å². The normalized spacial score (nSPS) is 23.3. The number of rotatable bonds is 6. The first kappa shape index (κ1) is 26.4. The van der Waals surface area contributed by atoms with Gasteiger partial charge in [-0.3, -0.25) is 14.4 Å². The number of fused-ring (bicyclic) bond motifs is 6. The maximum atomic E-state index is 14.9. The molecule has 0 saturated carbocycles. The number of nitrogens with zero attached hydrogens (tertiary/aromatic N) is 1. The van der Waals surface area contributed by atoms with Gasteiger partial charge in [0.2, 0.25) is 5.91 Å². The Morgan fingerprint density at radius 3 is 2.36 bits per heavy atom. The molecular weight excluding hydrogens is 544 g/mol. The summed E-state index contributed by atoms with van der Waals surface area (Å²) in [4.78, 5) is 45.9. The van der Waals surface area contributed by atoms with E-state index in [0.29, 0.717) is 21.8 Å². The number of benzene rings is 4. The molecule has 208 valence electrons. The molecule has 4 aromatic carbocycles. The summed E-state index contributed by atoms with van der Waals surface area (Å²) < 4.78 is 0. The maximum absolute atomic E-state index is 14.9. The van der Waals surface area contributed by atoms with E-state index in [1.165, 1.54) is 0 Å². The van der Waals surface area contributed by atoms with Gasteiger partial charge in [-0.1, -0.05) is 110 Å². The van der Waals surface area contributed by atoms with Gasteiger partial charge in [0, 0.05) is 27.5 Å². The zero-order valence-corrected chi connectivity index (χ0v) is 23.8. The second-order valence-electron chi connectivity index (χ2n) is 11.2. The van der Waals surface area contributed by atoms with Crippen LogP contribution in [0, 0.1) is 5.92 Å². The predicted octanol–water partition coefficient (Wildman–Crippen LogP) is 7.15. The molecule has 0 bridgehead atoms. The molecule has 1 saturated heterocycles. The summed E-state index contributed by atoms with van der Waals surface area (Å²) >= 11 is 6.38. The summed E-state index contributed by atoms with van der Waals surface area (Å²) in [5.74, 6) is -1.70. The Morgan fingerprint density at radius 2 is 1.60 bits per heavy atom. The van der Waals surface area contributed by atoms with Crippen molar-refractivity contribution in [1.82, 2.24) is 0 Å². The first-order valence-corrected chi connectivity index (χ1v) is 14.7. The number of nitrogens with one attached hydrogen (secondary N) is 1. The molecule has 0 aliphatic carbocycles. The average molecular weight is 573 g/mol. The number of aryl methyl sites for hydroxylation is 1. The molecule has 0 unspecified atom stereocenters. The summed E-state index contributed by atoms with van der Waals surface area (Å²) in [6.07, 6.45) is 5.82. The highest BCUT2D eigenvalue weighted by molar-refractivity contribution is 6.31. The van der Waals surface area contributed by atoms with Crippen LogP contribution in [0.25, 0.3) is 6.08 Å². The standard InChI is InChI=1S/C36H29ClN2O3/c1-2-8-22-13-15-24(16-14-22)33(40)31-32(34(41)23-9-4-3-5-10-23)39-29-19-18-26(37)21-25(29)17-20-30(39)36(31)27-11-6-7-12-28(27)38-35(36)42/h3-7,9-21,30-32H,2,8H2,1H3,(H,38,42)/t30-,31-,32+,36-/m0/s1. The van der Waals surface area contributed by atoms with Crippen molar-refractivity contribution in [3.05, 3.63) is 136 Å². The third-order valence-corrected chi connectivity index (χ3v) is 9.22. The van der Waals surface area contributed by atoms with E-state index in [1.807, 2.05) is 95.9 Å². The molecule has 3 aliphatic rings. The number of amides is 1. The number of Topliss-reactive ketones (excluding diaryl/α,β-unsaturated/α-hetero) is 2. The van der Waals surface area contributed by atoms with E-state index in [2.05, 4.69) is 12.2 Å². The van der Waals surface area contributed by atoms with Gasteiger partial charge in [0.25, 0.3) is 0 Å². The van der Waals surface area contributed by atoms with Gasteiger partial charge < -0.3 is 10.2 Å². The average Bonchev–Trinajstić information content (AvgIpc) is 3.49. The fraction of sp³-hybridized carbons (Fsp3) is 0.194. The van der Waals surface area contributed by atoms with E-state index in [9.17, 15) is 14.4 Å². The molecule has 0 aromatic heterocycles. The van der Waals surface area contributed by atoms with Crippen LogP contribution in [-0.2, 0) is 16.6 Å². The number of carbonyl (C=O) groups is 3. The molecule has 42 heavy (non-hydrogen) atoms. The van der Waals surface area contributed by atoms with Crippen molar-refractivity contribution < 1.29 is 14.4 Å². The van der Waals surface area contributed by atoms with Crippen molar-refractivity contribution >= 4 is 46.5 Å². The molecule has 1 amide bonds. The molecule has 7 rings (SSSR count). The van der Waals surface area contributed by atoms with Crippen molar-refractivity contribution in [2.45, 2.75) is 37.3 Å². The number of ketones is 2. The van der Waals surface area contributed by atoms with Crippen LogP contribution < -0.4 is 10.2 Å². The topological polar surface area (TPSA) is 66.5 Å². The Bertz CT molecular complexity index is 1760. The van der Waals surface area contributed by atoms with Crippen LogP contribution in [0.4, 0.5) is 11.4 Å². The maximum Gasteiger partial charge on any atom is 0.238 e. The second kappa shape index (κ2) is 10.1. The lowest BCUT2D eigenvalue weighted by Gasteiger charge is -2.37. The van der Waals surface area contributed by atoms with Crippen molar-refractivity contribution in [3.8, 4) is 0 Å². The van der Waals surface area contributed by atoms with E-state index in [0.717, 1.165) is 35.2 Å². The minimum atomic E-state index is -1.33. The smallest absolute Gasteiger partial charge is 0.238 e. The minimum absolute atomic E-state index is 0.202. The fourth-order valence-corrected chi connectivity index (χ4v) is 7.41. The number of para-hydroxylation sites is 1. The van der Waals surface area contributed by atoms with E-state index in [1.54, 1.807) is 18.2 Å². The lowest BCUT2D eigenvalue weighted by Crippen LogP contribution is -2.51. The third kappa shape index (κ3) is 3.80. The molecule has 1 N–H and O–H groups in total. The Morgan fingerprint density at radius 1 is 0.881 bits per heavy atom. The number of anilines is 2. The van der Waals surface area contributed by atoms with Gasteiger partial charge in [-0.05, 0) is 47.4 Å². The number of carbonyl (C=O) groups excluding carboxylic acids is 3. The number of hydrogen-bond acceptors (Lipinski definition) is 4. The molecule has 6 heteroatoms. The van der Waals surface area contributed by atoms with Crippen LogP contribution in [0.3, 0.4) is 0 Å². The van der Waals surface area contributed by atoms with Crippen LogP contribution in [-0.4, -0.2) is 29.6 Å². The summed E-state index contributed by atoms with van der Waals surface area (Å²) in [5.41, 5.74) is 3.79. The summed E-state index contributed by atoms with van der Waals surface area (Å²) in [6.45, 7) is 2.12. The summed E-state index contributed by atoms with van der Waals surface area (Å²) in [7, 11) is 0. The molecule has 0 radical (unpaired) electrons. The lowest BCUT2D eigenvalue weighted by molar-refractivity contribution is -0.121. The Balaban J connectivity index is 1.50. The first-order valence-electron chi connectivity index (χ1n) is 14.3. The third-order valence-electron chi connectivity index (χ3n) is 8.98. The van der Waals surface area contributed by atoms with Crippen molar-refractivity contribution in [2.24, 2.45) is 5.92 Å². The van der Waals surface area contributed by atoms with Gasteiger partial charge in [0.05, 0.1) is 12.0 Å². The van der Waals surface area contributed by atoms with Crippen molar-refractivity contribution in [1.29, 1.82) is 0 Å². The molecule has 1 fully saturated rings. The first-order chi connectivity index (χ1) is 20.4. The largest absolute Gasteiger partial charge is 0.352 e.